The molecule has 198 valence electrons. The van der Waals surface area contributed by atoms with Crippen molar-refractivity contribution in [3.8, 4) is 5.75 Å². The second-order valence-corrected chi connectivity index (χ2v) is 22.1. The lowest BCUT2D eigenvalue weighted by Crippen LogP contribution is -2.53. The zero-order chi connectivity index (χ0) is 27.0. The predicted molar refractivity (Wildman–Crippen MR) is 147 cm³/mol. The molecule has 0 saturated carbocycles. The number of hydrogen-bond acceptors (Lipinski definition) is 6. The molecule has 4 atom stereocenters. The van der Waals surface area contributed by atoms with Gasteiger partial charge in [-0.1, -0.05) is 65.8 Å². The number of hydrogen-bond donors (Lipinski definition) is 1. The van der Waals surface area contributed by atoms with E-state index in [2.05, 4.69) is 67.7 Å². The third kappa shape index (κ3) is 6.65. The first-order chi connectivity index (χ1) is 15.8. The van der Waals surface area contributed by atoms with E-state index in [-0.39, 0.29) is 45.8 Å². The van der Waals surface area contributed by atoms with Crippen LogP contribution in [0.3, 0.4) is 0 Å². The Kier molecular flexibility index (Phi) is 8.93. The van der Waals surface area contributed by atoms with E-state index in [0.29, 0.717) is 5.56 Å². The van der Waals surface area contributed by atoms with Crippen LogP contribution in [0.25, 0.3) is 6.08 Å². The van der Waals surface area contributed by atoms with Crippen LogP contribution in [0.5, 0.6) is 5.75 Å². The van der Waals surface area contributed by atoms with Crippen LogP contribution < -0.4 is 0 Å². The lowest BCUT2D eigenvalue weighted by molar-refractivity contribution is 0.0405. The van der Waals surface area contributed by atoms with E-state index >= 15 is 0 Å². The SMILES string of the molecule is COC(=O)c1c(O)cccc1/C=C/[C@H]1O[C@@H](C)[C@@H](O[Si](C)(C)C(C)(C)C)[C@@H]1O[Si](C)(C)C(C)(C)C. The van der Waals surface area contributed by atoms with Crippen LogP contribution in [0.1, 0.15) is 64.4 Å². The molecule has 0 aliphatic carbocycles. The summed E-state index contributed by atoms with van der Waals surface area (Å²) in [6.07, 6.45) is 2.73. The van der Waals surface area contributed by atoms with Gasteiger partial charge in [0.2, 0.25) is 0 Å². The molecule has 8 heteroatoms. The molecule has 1 saturated heterocycles. The lowest BCUT2D eigenvalue weighted by Gasteiger charge is -2.43. The summed E-state index contributed by atoms with van der Waals surface area (Å²) in [6.45, 7) is 24.4. The van der Waals surface area contributed by atoms with Gasteiger partial charge in [-0.3, -0.25) is 0 Å². The largest absolute Gasteiger partial charge is 0.507 e. The predicted octanol–water partition coefficient (Wildman–Crippen LogP) is 6.76. The number of esters is 1. The quantitative estimate of drug-likeness (QED) is 0.315. The van der Waals surface area contributed by atoms with Gasteiger partial charge in [-0.05, 0) is 54.8 Å². The number of phenols is 1. The minimum absolute atomic E-state index is 0.0257. The van der Waals surface area contributed by atoms with Gasteiger partial charge >= 0.3 is 5.97 Å². The molecule has 0 spiro atoms. The Labute approximate surface area is 214 Å². The van der Waals surface area contributed by atoms with Gasteiger partial charge in [0.05, 0.1) is 19.3 Å². The maximum Gasteiger partial charge on any atom is 0.342 e. The summed E-state index contributed by atoms with van der Waals surface area (Å²) in [5, 5.41) is 10.3. The van der Waals surface area contributed by atoms with Gasteiger partial charge < -0.3 is 23.4 Å². The van der Waals surface area contributed by atoms with Crippen molar-refractivity contribution in [3.63, 3.8) is 0 Å². The van der Waals surface area contributed by atoms with Crippen molar-refractivity contribution >= 4 is 28.7 Å². The molecular formula is C27H46O6Si2. The Morgan fingerprint density at radius 2 is 1.49 bits per heavy atom. The molecule has 35 heavy (non-hydrogen) atoms. The molecule has 0 unspecified atom stereocenters. The van der Waals surface area contributed by atoms with Gasteiger partial charge in [0.25, 0.3) is 0 Å². The molecular weight excluding hydrogens is 476 g/mol. The number of rotatable bonds is 7. The van der Waals surface area contributed by atoms with Crippen LogP contribution in [0.2, 0.25) is 36.3 Å². The fourth-order valence-electron chi connectivity index (χ4n) is 3.56. The maximum absolute atomic E-state index is 12.3. The summed E-state index contributed by atoms with van der Waals surface area (Å²) >= 11 is 0. The highest BCUT2D eigenvalue weighted by Crippen LogP contribution is 2.43. The van der Waals surface area contributed by atoms with Crippen molar-refractivity contribution in [1.29, 1.82) is 0 Å². The average Bonchev–Trinajstić information content (AvgIpc) is 2.98. The summed E-state index contributed by atoms with van der Waals surface area (Å²) < 4.78 is 25.1. The first-order valence-corrected chi connectivity index (χ1v) is 18.2. The molecule has 0 radical (unpaired) electrons. The van der Waals surface area contributed by atoms with Gasteiger partial charge in [0.1, 0.15) is 23.5 Å². The topological polar surface area (TPSA) is 74.2 Å². The molecule has 1 aliphatic heterocycles. The second-order valence-electron chi connectivity index (χ2n) is 12.6. The Morgan fingerprint density at radius 3 is 1.97 bits per heavy atom. The van der Waals surface area contributed by atoms with Crippen molar-refractivity contribution < 1.29 is 28.2 Å². The third-order valence-corrected chi connectivity index (χ3v) is 16.8. The average molecular weight is 523 g/mol. The summed E-state index contributed by atoms with van der Waals surface area (Å²) in [4.78, 5) is 12.3. The number of ether oxygens (including phenoxy) is 2. The number of benzene rings is 1. The van der Waals surface area contributed by atoms with Crippen LogP contribution in [-0.4, -0.2) is 59.2 Å². The molecule has 1 aliphatic rings. The normalized spacial score (nSPS) is 24.2. The number of methoxy groups -OCH3 is 1. The molecule has 0 aromatic heterocycles. The van der Waals surface area contributed by atoms with E-state index < -0.39 is 22.6 Å². The number of aromatic hydroxyl groups is 1. The van der Waals surface area contributed by atoms with E-state index in [1.165, 1.54) is 13.2 Å². The summed E-state index contributed by atoms with van der Waals surface area (Å²) in [6, 6.07) is 4.95. The van der Waals surface area contributed by atoms with Gasteiger partial charge in [-0.2, -0.15) is 0 Å². The van der Waals surface area contributed by atoms with Crippen molar-refractivity contribution in [3.05, 3.63) is 35.4 Å². The zero-order valence-electron chi connectivity index (χ0n) is 23.7. The highest BCUT2D eigenvalue weighted by Gasteiger charge is 2.51. The van der Waals surface area contributed by atoms with E-state index in [4.69, 9.17) is 18.3 Å². The second kappa shape index (κ2) is 10.5. The molecule has 0 bridgehead atoms. The molecule has 2 rings (SSSR count). The van der Waals surface area contributed by atoms with E-state index in [1.807, 2.05) is 13.0 Å². The van der Waals surface area contributed by atoms with Crippen molar-refractivity contribution in [1.82, 2.24) is 0 Å². The van der Waals surface area contributed by atoms with E-state index in [0.717, 1.165) is 0 Å². The van der Waals surface area contributed by atoms with Gasteiger partial charge in [-0.25, -0.2) is 4.79 Å². The van der Waals surface area contributed by atoms with Crippen LogP contribution in [0.15, 0.2) is 24.3 Å². The minimum atomic E-state index is -2.15. The Hall–Kier alpha value is -1.46. The first-order valence-electron chi connectivity index (χ1n) is 12.4. The van der Waals surface area contributed by atoms with Crippen molar-refractivity contribution in [2.45, 2.75) is 109 Å². The smallest absolute Gasteiger partial charge is 0.342 e. The van der Waals surface area contributed by atoms with E-state index in [9.17, 15) is 9.90 Å². The van der Waals surface area contributed by atoms with Crippen molar-refractivity contribution in [2.75, 3.05) is 7.11 Å². The summed E-state index contributed by atoms with van der Waals surface area (Å²) in [5.74, 6) is -0.704. The molecule has 1 heterocycles. The molecule has 1 aromatic rings. The van der Waals surface area contributed by atoms with E-state index in [1.54, 1.807) is 18.2 Å². The van der Waals surface area contributed by atoms with Gasteiger partial charge in [-0.15, -0.1) is 0 Å². The highest BCUT2D eigenvalue weighted by molar-refractivity contribution is 6.74. The van der Waals surface area contributed by atoms with Gasteiger partial charge in [0.15, 0.2) is 16.6 Å². The third-order valence-electron chi connectivity index (χ3n) is 7.89. The summed E-state index contributed by atoms with van der Waals surface area (Å²) in [5.41, 5.74) is 0.696. The monoisotopic (exact) mass is 522 g/mol. The highest BCUT2D eigenvalue weighted by atomic mass is 28.4. The Balaban J connectivity index is 2.48. The zero-order valence-corrected chi connectivity index (χ0v) is 25.7. The number of carbonyl (C=O) groups is 1. The molecule has 1 fully saturated rings. The van der Waals surface area contributed by atoms with Crippen LogP contribution >= 0.6 is 0 Å². The Bertz CT molecular complexity index is 927. The number of carbonyl (C=O) groups excluding carboxylic acids is 1. The van der Waals surface area contributed by atoms with Crippen LogP contribution in [-0.2, 0) is 18.3 Å². The lowest BCUT2D eigenvalue weighted by atomic mass is 10.0. The molecule has 6 nitrogen and oxygen atoms in total. The standard InChI is InChI=1S/C27H46O6Si2/c1-18-23(32-34(9,10)26(2,3)4)24(33-35(11,12)27(5,6)7)21(31-18)17-16-19-14-13-15-20(28)22(19)25(29)30-8/h13-18,21,23-24,28H,1-12H3/b17-16+/t18-,21+,23+,24+/m0/s1. The van der Waals surface area contributed by atoms with Crippen LogP contribution in [0.4, 0.5) is 0 Å². The van der Waals surface area contributed by atoms with Crippen molar-refractivity contribution in [2.24, 2.45) is 0 Å². The maximum atomic E-state index is 12.3. The molecule has 0 amide bonds. The fourth-order valence-corrected chi connectivity index (χ4v) is 6.22. The molecule has 1 N–H and O–H groups in total. The van der Waals surface area contributed by atoms with Crippen LogP contribution in [0, 0.1) is 0 Å². The summed E-state index contributed by atoms with van der Waals surface area (Å²) in [7, 11) is -2.94. The Morgan fingerprint density at radius 1 is 0.971 bits per heavy atom. The number of phenolic OH excluding ortho intramolecular Hbond substituents is 1. The minimum Gasteiger partial charge on any atom is -0.507 e. The first kappa shape index (κ1) is 29.8. The molecule has 1 aromatic carbocycles. The fraction of sp³-hybridized carbons (Fsp3) is 0.667. The van der Waals surface area contributed by atoms with Gasteiger partial charge in [0, 0.05) is 0 Å².